The highest BCUT2D eigenvalue weighted by Crippen LogP contribution is 2.13. The highest BCUT2D eigenvalue weighted by molar-refractivity contribution is 5.95. The van der Waals surface area contributed by atoms with Crippen LogP contribution >= 0.6 is 0 Å². The molecule has 0 saturated heterocycles. The van der Waals surface area contributed by atoms with Crippen LogP contribution in [0.1, 0.15) is 22.8 Å². The van der Waals surface area contributed by atoms with Crippen molar-refractivity contribution in [2.24, 2.45) is 0 Å². The van der Waals surface area contributed by atoms with Crippen LogP contribution in [0.25, 0.3) is 6.08 Å². The van der Waals surface area contributed by atoms with Gasteiger partial charge in [-0.15, -0.1) is 0 Å². The van der Waals surface area contributed by atoms with E-state index in [1.807, 2.05) is 0 Å². The molecule has 2 N–H and O–H groups in total. The van der Waals surface area contributed by atoms with Crippen molar-refractivity contribution in [2.75, 3.05) is 13.1 Å². The molecule has 27 heavy (non-hydrogen) atoms. The lowest BCUT2D eigenvalue weighted by molar-refractivity contribution is -0.131. The summed E-state index contributed by atoms with van der Waals surface area (Å²) < 4.78 is 18.0. The summed E-state index contributed by atoms with van der Waals surface area (Å²) in [6, 6.07) is 12.1. The smallest absolute Gasteiger partial charge is 0.308 e. The van der Waals surface area contributed by atoms with Gasteiger partial charge in [-0.05, 0) is 42.0 Å². The number of ether oxygens (including phenoxy) is 1. The molecule has 140 valence electrons. The van der Waals surface area contributed by atoms with Crippen molar-refractivity contribution in [3.05, 3.63) is 71.6 Å². The van der Waals surface area contributed by atoms with Crippen molar-refractivity contribution in [2.45, 2.75) is 6.92 Å². The van der Waals surface area contributed by atoms with Gasteiger partial charge in [-0.25, -0.2) is 4.39 Å². The fourth-order valence-corrected chi connectivity index (χ4v) is 2.17. The molecule has 2 aromatic rings. The number of rotatable bonds is 7. The lowest BCUT2D eigenvalue weighted by Gasteiger charge is -2.07. The Morgan fingerprint density at radius 3 is 2.52 bits per heavy atom. The first-order valence-corrected chi connectivity index (χ1v) is 8.22. The minimum Gasteiger partial charge on any atom is -0.427 e. The largest absolute Gasteiger partial charge is 0.427 e. The minimum atomic E-state index is -0.471. The number of hydrogen-bond donors (Lipinski definition) is 2. The third kappa shape index (κ3) is 7.11. The maximum Gasteiger partial charge on any atom is 0.308 e. The number of nitrogens with one attached hydrogen (secondary N) is 2. The molecule has 0 saturated carbocycles. The maximum absolute atomic E-state index is 13.0. The van der Waals surface area contributed by atoms with Crippen LogP contribution in [0.5, 0.6) is 5.75 Å². The fraction of sp³-hybridized carbons (Fsp3) is 0.150. The van der Waals surface area contributed by atoms with E-state index in [0.717, 1.165) is 0 Å². The van der Waals surface area contributed by atoms with E-state index in [-0.39, 0.29) is 36.5 Å². The number of benzene rings is 2. The van der Waals surface area contributed by atoms with Crippen LogP contribution < -0.4 is 15.4 Å². The number of hydrogen-bond acceptors (Lipinski definition) is 4. The Kier molecular flexibility index (Phi) is 7.25. The van der Waals surface area contributed by atoms with E-state index in [1.165, 1.54) is 37.3 Å². The molecular weight excluding hydrogens is 351 g/mol. The Morgan fingerprint density at radius 1 is 1.04 bits per heavy atom. The fourth-order valence-electron chi connectivity index (χ4n) is 2.17. The van der Waals surface area contributed by atoms with E-state index in [2.05, 4.69) is 10.6 Å². The number of amides is 2. The van der Waals surface area contributed by atoms with Crippen molar-refractivity contribution in [3.63, 3.8) is 0 Å². The van der Waals surface area contributed by atoms with Gasteiger partial charge in [-0.1, -0.05) is 18.2 Å². The van der Waals surface area contributed by atoms with Crippen LogP contribution in [0.3, 0.4) is 0 Å². The first-order valence-electron chi connectivity index (χ1n) is 8.22. The van der Waals surface area contributed by atoms with Crippen molar-refractivity contribution >= 4 is 23.9 Å². The molecule has 0 aromatic heterocycles. The van der Waals surface area contributed by atoms with Crippen molar-refractivity contribution in [3.8, 4) is 5.75 Å². The van der Waals surface area contributed by atoms with Gasteiger partial charge in [-0.2, -0.15) is 0 Å². The van der Waals surface area contributed by atoms with Crippen LogP contribution in [0.2, 0.25) is 0 Å². The molecule has 6 nitrogen and oxygen atoms in total. The number of esters is 1. The summed E-state index contributed by atoms with van der Waals surface area (Å²) in [5.41, 5.74) is 0.914. The van der Waals surface area contributed by atoms with Crippen LogP contribution in [0, 0.1) is 5.82 Å². The van der Waals surface area contributed by atoms with E-state index in [1.54, 1.807) is 30.3 Å². The normalized spacial score (nSPS) is 10.4. The Morgan fingerprint density at radius 2 is 1.78 bits per heavy atom. The minimum absolute atomic E-state index is 0.218. The second-order valence-corrected chi connectivity index (χ2v) is 5.56. The first-order chi connectivity index (χ1) is 12.9. The van der Waals surface area contributed by atoms with Gasteiger partial charge in [0.1, 0.15) is 11.6 Å². The van der Waals surface area contributed by atoms with Crippen LogP contribution in [0.15, 0.2) is 54.6 Å². The van der Waals surface area contributed by atoms with Crippen LogP contribution in [-0.2, 0) is 9.59 Å². The zero-order chi connectivity index (χ0) is 19.6. The Bertz CT molecular complexity index is 865. The van der Waals surface area contributed by atoms with Gasteiger partial charge in [0.25, 0.3) is 5.91 Å². The zero-order valence-electron chi connectivity index (χ0n) is 14.7. The predicted molar refractivity (Wildman–Crippen MR) is 98.5 cm³/mol. The molecule has 0 atom stereocenters. The topological polar surface area (TPSA) is 84.5 Å². The number of carbonyl (C=O) groups excluding carboxylic acids is 3. The molecule has 2 amide bonds. The Hall–Kier alpha value is -3.48. The molecule has 2 aromatic carbocycles. The van der Waals surface area contributed by atoms with E-state index in [0.29, 0.717) is 11.1 Å². The van der Waals surface area contributed by atoms with Gasteiger partial charge >= 0.3 is 5.97 Å². The molecule has 0 bridgehead atoms. The van der Waals surface area contributed by atoms with Crippen LogP contribution in [0.4, 0.5) is 4.39 Å². The van der Waals surface area contributed by atoms with E-state index in [4.69, 9.17) is 4.74 Å². The molecule has 0 unspecified atom stereocenters. The van der Waals surface area contributed by atoms with Gasteiger partial charge in [0.2, 0.25) is 5.91 Å². The lowest BCUT2D eigenvalue weighted by Crippen LogP contribution is -2.34. The average molecular weight is 370 g/mol. The van der Waals surface area contributed by atoms with Crippen molar-refractivity contribution in [1.82, 2.24) is 10.6 Å². The second kappa shape index (κ2) is 9.86. The van der Waals surface area contributed by atoms with Crippen molar-refractivity contribution < 1.29 is 23.5 Å². The summed E-state index contributed by atoms with van der Waals surface area (Å²) >= 11 is 0. The van der Waals surface area contributed by atoms with E-state index >= 15 is 0 Å². The van der Waals surface area contributed by atoms with Gasteiger partial charge in [0.05, 0.1) is 0 Å². The van der Waals surface area contributed by atoms with E-state index in [9.17, 15) is 18.8 Å². The predicted octanol–water partition coefficient (Wildman–Crippen LogP) is 2.31. The molecular formula is C20H19FN2O4. The standard InChI is InChI=1S/C20H19FN2O4/c1-14(24)27-18-7-3-5-16(13-18)20(26)23-11-10-22-19(25)9-8-15-4-2-6-17(21)12-15/h2-9,12-13H,10-11H2,1H3,(H,22,25)(H,23,26)/b9-8+. The molecule has 0 radical (unpaired) electrons. The van der Waals surface area contributed by atoms with Gasteiger partial charge in [0.15, 0.2) is 0 Å². The summed E-state index contributed by atoms with van der Waals surface area (Å²) in [7, 11) is 0. The molecule has 0 aliphatic carbocycles. The average Bonchev–Trinajstić information content (AvgIpc) is 2.63. The zero-order valence-corrected chi connectivity index (χ0v) is 14.7. The van der Waals surface area contributed by atoms with E-state index < -0.39 is 5.97 Å². The third-order valence-electron chi connectivity index (χ3n) is 3.34. The summed E-state index contributed by atoms with van der Waals surface area (Å²) in [4.78, 5) is 34.7. The van der Waals surface area contributed by atoms with Gasteiger partial charge < -0.3 is 15.4 Å². The SMILES string of the molecule is CC(=O)Oc1cccc(C(=O)NCCNC(=O)/C=C/c2cccc(F)c2)c1. The highest BCUT2D eigenvalue weighted by atomic mass is 19.1. The summed E-state index contributed by atoms with van der Waals surface area (Å²) in [6.07, 6.45) is 2.79. The monoisotopic (exact) mass is 370 g/mol. The molecule has 0 aliphatic heterocycles. The molecule has 7 heteroatoms. The molecule has 2 rings (SSSR count). The molecule has 0 aliphatic rings. The summed E-state index contributed by atoms with van der Waals surface area (Å²) in [5, 5.41) is 5.26. The maximum atomic E-state index is 13.0. The molecule has 0 spiro atoms. The van der Waals surface area contributed by atoms with Gasteiger partial charge in [-0.3, -0.25) is 14.4 Å². The Balaban J connectivity index is 1.75. The highest BCUT2D eigenvalue weighted by Gasteiger charge is 2.07. The quantitative estimate of drug-likeness (QED) is 0.339. The number of carbonyl (C=O) groups is 3. The van der Waals surface area contributed by atoms with Crippen LogP contribution in [-0.4, -0.2) is 30.9 Å². The number of halogens is 1. The van der Waals surface area contributed by atoms with Crippen molar-refractivity contribution in [1.29, 1.82) is 0 Å². The second-order valence-electron chi connectivity index (χ2n) is 5.56. The molecule has 0 fully saturated rings. The first kappa shape index (κ1) is 19.8. The molecule has 0 heterocycles. The third-order valence-corrected chi connectivity index (χ3v) is 3.34. The summed E-state index contributed by atoms with van der Waals surface area (Å²) in [6.45, 7) is 1.72. The lowest BCUT2D eigenvalue weighted by atomic mass is 10.2. The summed E-state index contributed by atoms with van der Waals surface area (Å²) in [5.74, 6) is -1.27. The van der Waals surface area contributed by atoms with Gasteiger partial charge in [0, 0.05) is 31.7 Å². The Labute approximate surface area is 156 Å².